The molecule has 1 unspecified atom stereocenters. The van der Waals surface area contributed by atoms with Gasteiger partial charge in [-0.25, -0.2) is 0 Å². The molecule has 1 aliphatic heterocycles. The lowest BCUT2D eigenvalue weighted by Crippen LogP contribution is -2.52. The van der Waals surface area contributed by atoms with Crippen molar-refractivity contribution in [2.24, 2.45) is 11.1 Å². The molecule has 6 heteroatoms. The maximum atomic E-state index is 12.0. The third-order valence-electron chi connectivity index (χ3n) is 4.15. The minimum absolute atomic E-state index is 0. The number of nitrogens with zero attached hydrogens (tertiary/aromatic N) is 1. The number of hydrogen-bond acceptors (Lipinski definition) is 3. The Labute approximate surface area is 143 Å². The van der Waals surface area contributed by atoms with E-state index in [0.29, 0.717) is 11.4 Å². The van der Waals surface area contributed by atoms with Crippen LogP contribution >= 0.6 is 24.0 Å². The molecule has 1 aliphatic rings. The molecule has 22 heavy (non-hydrogen) atoms. The van der Waals surface area contributed by atoms with Gasteiger partial charge in [-0.15, -0.1) is 12.4 Å². The van der Waals surface area contributed by atoms with E-state index in [-0.39, 0.29) is 29.8 Å². The number of nitrogens with two attached hydrogens (primary N) is 1. The molecule has 3 N–H and O–H groups in total. The number of halogens is 2. The largest absolute Gasteiger partial charge is 0.327 e. The highest BCUT2D eigenvalue weighted by atomic mass is 35.5. The summed E-state index contributed by atoms with van der Waals surface area (Å²) in [4.78, 5) is 14.3. The van der Waals surface area contributed by atoms with Gasteiger partial charge in [0, 0.05) is 36.3 Å². The predicted molar refractivity (Wildman–Crippen MR) is 94.8 cm³/mol. The number of rotatable bonds is 4. The third-order valence-corrected chi connectivity index (χ3v) is 4.39. The molecule has 1 heterocycles. The number of amides is 1. The van der Waals surface area contributed by atoms with Gasteiger partial charge in [0.15, 0.2) is 0 Å². The van der Waals surface area contributed by atoms with Gasteiger partial charge >= 0.3 is 0 Å². The van der Waals surface area contributed by atoms with Crippen LogP contribution in [0, 0.1) is 5.41 Å². The number of carbonyl (C=O) groups is 1. The summed E-state index contributed by atoms with van der Waals surface area (Å²) in [6, 6.07) is 7.45. The Bertz CT molecular complexity index is 508. The summed E-state index contributed by atoms with van der Waals surface area (Å²) in [7, 11) is 0. The maximum absolute atomic E-state index is 12.0. The summed E-state index contributed by atoms with van der Waals surface area (Å²) >= 11 is 5.90. The van der Waals surface area contributed by atoms with Gasteiger partial charge in [-0.05, 0) is 36.6 Å². The van der Waals surface area contributed by atoms with Gasteiger partial charge in [-0.1, -0.05) is 31.5 Å². The second kappa shape index (κ2) is 8.16. The normalized spacial score (nSPS) is 21.0. The van der Waals surface area contributed by atoms with Crippen LogP contribution in [0.4, 0.5) is 5.69 Å². The molecule has 1 fully saturated rings. The first kappa shape index (κ1) is 19.2. The van der Waals surface area contributed by atoms with Crippen molar-refractivity contribution in [2.45, 2.75) is 32.7 Å². The van der Waals surface area contributed by atoms with Crippen molar-refractivity contribution >= 4 is 35.6 Å². The van der Waals surface area contributed by atoms with E-state index in [4.69, 9.17) is 17.3 Å². The summed E-state index contributed by atoms with van der Waals surface area (Å²) in [5.41, 5.74) is 6.99. The zero-order valence-corrected chi connectivity index (χ0v) is 14.7. The molecule has 1 aromatic carbocycles. The summed E-state index contributed by atoms with van der Waals surface area (Å²) in [5.74, 6) is 0.0185. The molecule has 0 aromatic heterocycles. The fourth-order valence-corrected chi connectivity index (χ4v) is 2.92. The Morgan fingerprint density at radius 2 is 2.23 bits per heavy atom. The average Bonchev–Trinajstić information content (AvgIpc) is 2.40. The number of benzene rings is 1. The van der Waals surface area contributed by atoms with E-state index in [0.717, 1.165) is 31.7 Å². The highest BCUT2D eigenvalue weighted by molar-refractivity contribution is 6.30. The molecule has 1 saturated heterocycles. The maximum Gasteiger partial charge on any atom is 0.225 e. The summed E-state index contributed by atoms with van der Waals surface area (Å²) in [6.45, 7) is 7.06. The van der Waals surface area contributed by atoms with Crippen LogP contribution in [-0.4, -0.2) is 36.5 Å². The Morgan fingerprint density at radius 1 is 1.50 bits per heavy atom. The zero-order valence-electron chi connectivity index (χ0n) is 13.1. The van der Waals surface area contributed by atoms with Gasteiger partial charge in [-0.3, -0.25) is 4.79 Å². The lowest BCUT2D eigenvalue weighted by molar-refractivity contribution is -0.116. The smallest absolute Gasteiger partial charge is 0.225 e. The van der Waals surface area contributed by atoms with Crippen LogP contribution in [0.1, 0.15) is 26.7 Å². The van der Waals surface area contributed by atoms with E-state index < -0.39 is 0 Å². The first-order valence-corrected chi connectivity index (χ1v) is 7.78. The second-order valence-electron chi connectivity index (χ2n) is 6.47. The first-order valence-electron chi connectivity index (χ1n) is 7.40. The van der Waals surface area contributed by atoms with Crippen molar-refractivity contribution in [1.82, 2.24) is 4.90 Å². The quantitative estimate of drug-likeness (QED) is 0.881. The van der Waals surface area contributed by atoms with Crippen molar-refractivity contribution < 1.29 is 4.79 Å². The molecule has 0 aliphatic carbocycles. The first-order chi connectivity index (χ1) is 9.87. The van der Waals surface area contributed by atoms with E-state index in [2.05, 4.69) is 24.1 Å². The second-order valence-corrected chi connectivity index (χ2v) is 6.90. The molecule has 4 nitrogen and oxygen atoms in total. The molecule has 0 radical (unpaired) electrons. The lowest BCUT2D eigenvalue weighted by atomic mass is 9.80. The van der Waals surface area contributed by atoms with Gasteiger partial charge in [0.05, 0.1) is 0 Å². The highest BCUT2D eigenvalue weighted by Crippen LogP contribution is 2.27. The molecular weight excluding hydrogens is 321 g/mol. The van der Waals surface area contributed by atoms with Crippen molar-refractivity contribution in [3.8, 4) is 0 Å². The van der Waals surface area contributed by atoms with E-state index in [1.165, 1.54) is 0 Å². The van der Waals surface area contributed by atoms with Crippen molar-refractivity contribution in [3.63, 3.8) is 0 Å². The molecule has 1 aromatic rings. The molecule has 124 valence electrons. The minimum atomic E-state index is 0. The fraction of sp³-hybridized carbons (Fsp3) is 0.562. The molecule has 0 bridgehead atoms. The van der Waals surface area contributed by atoms with Gasteiger partial charge < -0.3 is 16.0 Å². The molecule has 1 atom stereocenters. The van der Waals surface area contributed by atoms with Crippen molar-refractivity contribution in [3.05, 3.63) is 29.3 Å². The fourth-order valence-electron chi connectivity index (χ4n) is 2.73. The van der Waals surface area contributed by atoms with Crippen LogP contribution in [0.25, 0.3) is 0 Å². The minimum Gasteiger partial charge on any atom is -0.327 e. The summed E-state index contributed by atoms with van der Waals surface area (Å²) < 4.78 is 0. The van der Waals surface area contributed by atoms with Crippen LogP contribution in [0.15, 0.2) is 24.3 Å². The van der Waals surface area contributed by atoms with E-state index in [9.17, 15) is 4.79 Å². The van der Waals surface area contributed by atoms with Crippen molar-refractivity contribution in [2.75, 3.05) is 25.0 Å². The van der Waals surface area contributed by atoms with Gasteiger partial charge in [0.25, 0.3) is 0 Å². The zero-order chi connectivity index (χ0) is 15.5. The third kappa shape index (κ3) is 5.43. The number of piperidine rings is 1. The molecule has 1 amide bonds. The predicted octanol–water partition coefficient (Wildman–Crippen LogP) is 3.15. The Hall–Kier alpha value is -0.810. The monoisotopic (exact) mass is 345 g/mol. The number of carbonyl (C=O) groups excluding carboxylic acids is 1. The van der Waals surface area contributed by atoms with Gasteiger partial charge in [-0.2, -0.15) is 0 Å². The summed E-state index contributed by atoms with van der Waals surface area (Å²) in [6.07, 6.45) is 1.47. The number of anilines is 1. The highest BCUT2D eigenvalue weighted by Gasteiger charge is 2.33. The van der Waals surface area contributed by atoms with Crippen LogP contribution < -0.4 is 11.1 Å². The Kier molecular flexibility index (Phi) is 7.13. The van der Waals surface area contributed by atoms with Gasteiger partial charge in [0.1, 0.15) is 0 Å². The van der Waals surface area contributed by atoms with Crippen LogP contribution in [0.3, 0.4) is 0 Å². The SMILES string of the molecule is CC1(C)CN(CCC(=O)Nc2cccc(Cl)c2)CCC1N.Cl. The molecule has 0 spiro atoms. The van der Waals surface area contributed by atoms with E-state index in [1.807, 2.05) is 12.1 Å². The molecule has 0 saturated carbocycles. The lowest BCUT2D eigenvalue weighted by Gasteiger charge is -2.42. The number of nitrogens with one attached hydrogen (secondary N) is 1. The standard InChI is InChI=1S/C16H24ClN3O.ClH/c1-16(2)11-20(8-6-14(16)18)9-7-15(21)19-13-5-3-4-12(17)10-13;/h3-5,10,14H,6-9,11,18H2,1-2H3,(H,19,21);1H. The Balaban J connectivity index is 0.00000242. The Morgan fingerprint density at radius 3 is 2.86 bits per heavy atom. The van der Waals surface area contributed by atoms with E-state index in [1.54, 1.807) is 12.1 Å². The van der Waals surface area contributed by atoms with Crippen molar-refractivity contribution in [1.29, 1.82) is 0 Å². The van der Waals surface area contributed by atoms with Crippen LogP contribution in [-0.2, 0) is 4.79 Å². The van der Waals surface area contributed by atoms with E-state index >= 15 is 0 Å². The average molecular weight is 346 g/mol. The van der Waals surface area contributed by atoms with Crippen LogP contribution in [0.2, 0.25) is 5.02 Å². The molecular formula is C16H25Cl2N3O. The summed E-state index contributed by atoms with van der Waals surface area (Å²) in [5, 5.41) is 3.50. The van der Waals surface area contributed by atoms with Gasteiger partial charge in [0.2, 0.25) is 5.91 Å². The number of likely N-dealkylation sites (tertiary alicyclic amines) is 1. The van der Waals surface area contributed by atoms with Crippen LogP contribution in [0.5, 0.6) is 0 Å². The topological polar surface area (TPSA) is 58.4 Å². The number of hydrogen-bond donors (Lipinski definition) is 2. The molecule has 2 rings (SSSR count).